The number of para-hydroxylation sites is 1. The van der Waals surface area contributed by atoms with E-state index in [1.165, 1.54) is 5.54 Å². The van der Waals surface area contributed by atoms with Crippen molar-refractivity contribution in [3.63, 3.8) is 0 Å². The molecule has 0 radical (unpaired) electrons. The Kier molecular flexibility index (Phi) is 5.56. The van der Waals surface area contributed by atoms with Crippen LogP contribution in [-0.4, -0.2) is 27.6 Å². The molecule has 0 saturated heterocycles. The molecule has 1 heterocycles. The molecule has 24 heavy (non-hydrogen) atoms. The Hall–Kier alpha value is -2.24. The lowest BCUT2D eigenvalue weighted by Gasteiger charge is -2.10. The van der Waals surface area contributed by atoms with E-state index in [1.54, 1.807) is 18.9 Å². The third-order valence-corrected chi connectivity index (χ3v) is 4.43. The maximum absolute atomic E-state index is 5.61. The van der Waals surface area contributed by atoms with Gasteiger partial charge in [0, 0.05) is 22.5 Å². The molecule has 122 valence electrons. The average molecular weight is 358 g/mol. The second-order valence-electron chi connectivity index (χ2n) is 4.88. The van der Waals surface area contributed by atoms with Gasteiger partial charge in [0.15, 0.2) is 11.0 Å². The second-order valence-corrected chi connectivity index (χ2v) is 6.12. The van der Waals surface area contributed by atoms with E-state index in [1.807, 2.05) is 65.2 Å². The molecule has 0 amide bonds. The van der Waals surface area contributed by atoms with E-state index in [-0.39, 0.29) is 0 Å². The van der Waals surface area contributed by atoms with Crippen molar-refractivity contribution in [3.05, 3.63) is 66.2 Å². The van der Waals surface area contributed by atoms with Crippen molar-refractivity contribution in [1.82, 2.24) is 14.8 Å². The summed E-state index contributed by atoms with van der Waals surface area (Å²) in [5.41, 5.74) is 3.47. The minimum atomic E-state index is 0.729. The zero-order valence-electron chi connectivity index (χ0n) is 13.1. The standard InChI is InChI=1S/C18H16ClN3OS/c1-23-16-10-5-7-14(13-16)17-20-21-18(24-12-6-11-19)22(17)15-8-3-2-4-9-15/h2-11,13H,12H2,1H3/b11-6+. The third-order valence-electron chi connectivity index (χ3n) is 3.37. The van der Waals surface area contributed by atoms with Crippen LogP contribution >= 0.6 is 23.4 Å². The van der Waals surface area contributed by atoms with Gasteiger partial charge in [-0.3, -0.25) is 4.57 Å². The summed E-state index contributed by atoms with van der Waals surface area (Å²) in [6, 6.07) is 17.9. The lowest BCUT2D eigenvalue weighted by Crippen LogP contribution is -1.99. The highest BCUT2D eigenvalue weighted by atomic mass is 35.5. The number of aromatic nitrogens is 3. The first-order valence-electron chi connectivity index (χ1n) is 7.37. The van der Waals surface area contributed by atoms with Crippen molar-refractivity contribution < 1.29 is 4.74 Å². The largest absolute Gasteiger partial charge is 0.497 e. The lowest BCUT2D eigenvalue weighted by molar-refractivity contribution is 0.415. The predicted molar refractivity (Wildman–Crippen MR) is 99.1 cm³/mol. The first-order chi connectivity index (χ1) is 11.8. The Balaban J connectivity index is 2.08. The van der Waals surface area contributed by atoms with E-state index in [2.05, 4.69) is 10.2 Å². The number of ether oxygens (including phenoxy) is 1. The molecule has 0 aliphatic rings. The quantitative estimate of drug-likeness (QED) is 0.595. The normalized spacial score (nSPS) is 11.1. The van der Waals surface area contributed by atoms with Crippen LogP contribution in [0.15, 0.2) is 71.4 Å². The van der Waals surface area contributed by atoms with Gasteiger partial charge in [0.1, 0.15) is 5.75 Å². The van der Waals surface area contributed by atoms with Crippen molar-refractivity contribution in [1.29, 1.82) is 0 Å². The summed E-state index contributed by atoms with van der Waals surface area (Å²) in [5.74, 6) is 2.29. The first kappa shape index (κ1) is 16.6. The topological polar surface area (TPSA) is 39.9 Å². The molecule has 6 heteroatoms. The van der Waals surface area contributed by atoms with Gasteiger partial charge < -0.3 is 4.74 Å². The second kappa shape index (κ2) is 8.04. The van der Waals surface area contributed by atoms with Gasteiger partial charge in [0.25, 0.3) is 0 Å². The van der Waals surface area contributed by atoms with Crippen molar-refractivity contribution in [2.75, 3.05) is 12.9 Å². The fourth-order valence-corrected chi connectivity index (χ4v) is 3.24. The molecule has 3 rings (SSSR count). The number of hydrogen-bond donors (Lipinski definition) is 0. The van der Waals surface area contributed by atoms with Crippen LogP contribution in [0.3, 0.4) is 0 Å². The number of nitrogens with zero attached hydrogens (tertiary/aromatic N) is 3. The van der Waals surface area contributed by atoms with Gasteiger partial charge in [0.05, 0.1) is 7.11 Å². The molecule has 2 aromatic carbocycles. The minimum Gasteiger partial charge on any atom is -0.497 e. The smallest absolute Gasteiger partial charge is 0.196 e. The van der Waals surface area contributed by atoms with Gasteiger partial charge in [-0.25, -0.2) is 0 Å². The maximum Gasteiger partial charge on any atom is 0.196 e. The molecule has 0 bridgehead atoms. The molecule has 0 spiro atoms. The van der Waals surface area contributed by atoms with E-state index < -0.39 is 0 Å². The van der Waals surface area contributed by atoms with Crippen LogP contribution in [0.2, 0.25) is 0 Å². The van der Waals surface area contributed by atoms with Gasteiger partial charge in [-0.2, -0.15) is 0 Å². The van der Waals surface area contributed by atoms with Crippen LogP contribution in [-0.2, 0) is 0 Å². The van der Waals surface area contributed by atoms with Crippen LogP contribution < -0.4 is 4.74 Å². The van der Waals surface area contributed by atoms with Crippen molar-refractivity contribution in [2.24, 2.45) is 0 Å². The highest BCUT2D eigenvalue weighted by Crippen LogP contribution is 2.29. The highest BCUT2D eigenvalue weighted by molar-refractivity contribution is 7.99. The van der Waals surface area contributed by atoms with E-state index >= 15 is 0 Å². The monoisotopic (exact) mass is 357 g/mol. The Morgan fingerprint density at radius 3 is 2.71 bits per heavy atom. The van der Waals surface area contributed by atoms with Crippen LogP contribution in [0, 0.1) is 0 Å². The van der Waals surface area contributed by atoms with Crippen molar-refractivity contribution in [3.8, 4) is 22.8 Å². The molecule has 0 unspecified atom stereocenters. The van der Waals surface area contributed by atoms with Gasteiger partial charge >= 0.3 is 0 Å². The van der Waals surface area contributed by atoms with Gasteiger partial charge in [-0.05, 0) is 24.3 Å². The lowest BCUT2D eigenvalue weighted by atomic mass is 10.2. The molecular formula is C18H16ClN3OS. The van der Waals surface area contributed by atoms with Gasteiger partial charge in [-0.1, -0.05) is 59.8 Å². The van der Waals surface area contributed by atoms with E-state index in [0.717, 1.165) is 33.7 Å². The van der Waals surface area contributed by atoms with E-state index in [4.69, 9.17) is 16.3 Å². The Morgan fingerprint density at radius 1 is 1.12 bits per heavy atom. The Labute approximate surface area is 150 Å². The number of hydrogen-bond acceptors (Lipinski definition) is 4. The van der Waals surface area contributed by atoms with Crippen LogP contribution in [0.1, 0.15) is 0 Å². The number of benzene rings is 2. The van der Waals surface area contributed by atoms with Crippen LogP contribution in [0.4, 0.5) is 0 Å². The molecule has 0 atom stereocenters. The predicted octanol–water partition coefficient (Wildman–Crippen LogP) is 4.79. The van der Waals surface area contributed by atoms with Crippen molar-refractivity contribution in [2.45, 2.75) is 5.16 Å². The molecule has 0 N–H and O–H groups in total. The van der Waals surface area contributed by atoms with Crippen molar-refractivity contribution >= 4 is 23.4 Å². The fraction of sp³-hybridized carbons (Fsp3) is 0.111. The summed E-state index contributed by atoms with van der Waals surface area (Å²) in [6.07, 6.45) is 1.88. The summed E-state index contributed by atoms with van der Waals surface area (Å²) < 4.78 is 7.36. The summed E-state index contributed by atoms with van der Waals surface area (Å²) in [7, 11) is 1.65. The van der Waals surface area contributed by atoms with E-state index in [0.29, 0.717) is 0 Å². The summed E-state index contributed by atoms with van der Waals surface area (Å²) in [4.78, 5) is 0. The SMILES string of the molecule is COc1cccc(-c2nnc(SC/C=C/Cl)n2-c2ccccc2)c1. The Morgan fingerprint density at radius 2 is 1.96 bits per heavy atom. The van der Waals surface area contributed by atoms with Gasteiger partial charge in [-0.15, -0.1) is 10.2 Å². The molecule has 0 aliphatic heterocycles. The maximum atomic E-state index is 5.61. The zero-order chi connectivity index (χ0) is 16.8. The third kappa shape index (κ3) is 3.63. The fourth-order valence-electron chi connectivity index (χ4n) is 2.28. The zero-order valence-corrected chi connectivity index (χ0v) is 14.7. The number of rotatable bonds is 6. The molecule has 0 saturated carbocycles. The molecule has 0 aliphatic carbocycles. The van der Waals surface area contributed by atoms with E-state index in [9.17, 15) is 0 Å². The Bertz CT molecular complexity index is 833. The molecule has 3 aromatic rings. The molecular weight excluding hydrogens is 342 g/mol. The highest BCUT2D eigenvalue weighted by Gasteiger charge is 2.16. The number of halogens is 1. The summed E-state index contributed by atoms with van der Waals surface area (Å²) in [6.45, 7) is 0. The number of thioether (sulfide) groups is 1. The molecule has 1 aromatic heterocycles. The average Bonchev–Trinajstić information content (AvgIpc) is 3.06. The van der Waals surface area contributed by atoms with Crippen LogP contribution in [0.25, 0.3) is 17.1 Å². The van der Waals surface area contributed by atoms with Crippen LogP contribution in [0.5, 0.6) is 5.75 Å². The first-order valence-corrected chi connectivity index (χ1v) is 8.79. The molecule has 4 nitrogen and oxygen atoms in total. The minimum absolute atomic E-state index is 0.729. The number of methoxy groups -OCH3 is 1. The van der Waals surface area contributed by atoms with Gasteiger partial charge in [0.2, 0.25) is 0 Å². The summed E-state index contributed by atoms with van der Waals surface area (Å²) in [5, 5.41) is 9.56. The summed E-state index contributed by atoms with van der Waals surface area (Å²) >= 11 is 7.19. The molecule has 0 fully saturated rings.